The maximum Gasteiger partial charge on any atom is 0.274 e. The Labute approximate surface area is 208 Å². The Kier molecular flexibility index (Phi) is 7.57. The molecule has 0 atom stereocenters. The van der Waals surface area contributed by atoms with Gasteiger partial charge in [-0.3, -0.25) is 19.6 Å². The van der Waals surface area contributed by atoms with Crippen LogP contribution < -0.4 is 15.5 Å². The molecule has 1 heterocycles. The average molecular weight is 484 g/mol. The number of benzene rings is 3. The highest BCUT2D eigenvalue weighted by atomic mass is 16.5. The molecule has 0 radical (unpaired) electrons. The van der Waals surface area contributed by atoms with E-state index in [-0.39, 0.29) is 18.2 Å². The number of carbonyl (C=O) groups excluding carboxylic acids is 3. The minimum Gasteiger partial charge on any atom is -0.497 e. The quantitative estimate of drug-likeness (QED) is 0.190. The Hall–Kier alpha value is -4.69. The summed E-state index contributed by atoms with van der Waals surface area (Å²) in [5, 5.41) is 11.6. The lowest BCUT2D eigenvalue weighted by Crippen LogP contribution is -2.27. The number of hydrogen-bond acceptors (Lipinski definition) is 5. The predicted octanol–water partition coefficient (Wildman–Crippen LogP) is 3.83. The molecule has 0 fully saturated rings. The molecule has 2 amide bonds. The Balaban J connectivity index is 1.60. The smallest absolute Gasteiger partial charge is 0.274 e. The van der Waals surface area contributed by atoms with E-state index in [1.807, 2.05) is 30.3 Å². The fraction of sp³-hybridized carbons (Fsp3) is 0.107. The molecule has 182 valence electrons. The highest BCUT2D eigenvalue weighted by molar-refractivity contribution is 6.09. The van der Waals surface area contributed by atoms with Gasteiger partial charge in [-0.1, -0.05) is 54.6 Å². The van der Waals surface area contributed by atoms with Gasteiger partial charge >= 0.3 is 0 Å². The van der Waals surface area contributed by atoms with Gasteiger partial charge in [0.15, 0.2) is 0 Å². The SMILES string of the molecule is COc1cccc(Cn2c(C(=O)NCc3ccc(C(=O)NO)cc3)ccc2C(=O)c2ccccc2)c1. The minimum atomic E-state index is -0.614. The molecule has 0 bridgehead atoms. The van der Waals surface area contributed by atoms with Crippen molar-refractivity contribution in [3.8, 4) is 5.75 Å². The maximum atomic E-state index is 13.3. The van der Waals surface area contributed by atoms with Gasteiger partial charge in [0.25, 0.3) is 11.8 Å². The second-order valence-electron chi connectivity index (χ2n) is 8.06. The molecule has 0 aliphatic carbocycles. The fourth-order valence-corrected chi connectivity index (χ4v) is 3.84. The second kappa shape index (κ2) is 11.2. The molecule has 0 saturated heterocycles. The van der Waals surface area contributed by atoms with Crippen molar-refractivity contribution < 1.29 is 24.3 Å². The van der Waals surface area contributed by atoms with Gasteiger partial charge in [-0.15, -0.1) is 0 Å². The third-order valence-corrected chi connectivity index (χ3v) is 5.73. The lowest BCUT2D eigenvalue weighted by Gasteiger charge is -2.14. The zero-order valence-electron chi connectivity index (χ0n) is 19.6. The number of hydrogen-bond donors (Lipinski definition) is 3. The first kappa shape index (κ1) is 24.4. The van der Waals surface area contributed by atoms with Crippen LogP contribution in [-0.2, 0) is 13.1 Å². The third kappa shape index (κ3) is 5.51. The summed E-state index contributed by atoms with van der Waals surface area (Å²) in [6.07, 6.45) is 0. The van der Waals surface area contributed by atoms with Crippen molar-refractivity contribution in [2.45, 2.75) is 13.1 Å². The summed E-state index contributed by atoms with van der Waals surface area (Å²) >= 11 is 0. The Morgan fingerprint density at radius 1 is 0.778 bits per heavy atom. The lowest BCUT2D eigenvalue weighted by atomic mass is 10.1. The first-order valence-corrected chi connectivity index (χ1v) is 11.2. The molecule has 0 aliphatic rings. The average Bonchev–Trinajstić information content (AvgIpc) is 3.35. The van der Waals surface area contributed by atoms with E-state index >= 15 is 0 Å². The minimum absolute atomic E-state index is 0.185. The van der Waals surface area contributed by atoms with Gasteiger partial charge in [-0.2, -0.15) is 0 Å². The monoisotopic (exact) mass is 483 g/mol. The van der Waals surface area contributed by atoms with Crippen LogP contribution in [0.4, 0.5) is 0 Å². The number of rotatable bonds is 9. The second-order valence-corrected chi connectivity index (χ2v) is 8.06. The van der Waals surface area contributed by atoms with Crippen LogP contribution in [0.25, 0.3) is 0 Å². The van der Waals surface area contributed by atoms with Gasteiger partial charge < -0.3 is 14.6 Å². The van der Waals surface area contributed by atoms with E-state index in [0.717, 1.165) is 11.1 Å². The van der Waals surface area contributed by atoms with E-state index in [2.05, 4.69) is 5.32 Å². The van der Waals surface area contributed by atoms with Crippen LogP contribution in [0.3, 0.4) is 0 Å². The maximum absolute atomic E-state index is 13.3. The number of carbonyl (C=O) groups is 3. The molecule has 0 spiro atoms. The van der Waals surface area contributed by atoms with E-state index in [9.17, 15) is 14.4 Å². The van der Waals surface area contributed by atoms with E-state index in [4.69, 9.17) is 9.94 Å². The van der Waals surface area contributed by atoms with Crippen LogP contribution in [0.1, 0.15) is 48.0 Å². The number of nitrogens with one attached hydrogen (secondary N) is 2. The summed E-state index contributed by atoms with van der Waals surface area (Å²) in [5.41, 5.74) is 4.79. The number of hydroxylamine groups is 1. The molecule has 36 heavy (non-hydrogen) atoms. The summed E-state index contributed by atoms with van der Waals surface area (Å²) in [6, 6.07) is 26.2. The summed E-state index contributed by atoms with van der Waals surface area (Å²) in [5.74, 6) is -0.464. The van der Waals surface area contributed by atoms with Crippen molar-refractivity contribution in [3.63, 3.8) is 0 Å². The van der Waals surface area contributed by atoms with E-state index < -0.39 is 5.91 Å². The number of aromatic nitrogens is 1. The van der Waals surface area contributed by atoms with Crippen LogP contribution in [0.15, 0.2) is 91.0 Å². The van der Waals surface area contributed by atoms with Crippen molar-refractivity contribution in [1.29, 1.82) is 0 Å². The largest absolute Gasteiger partial charge is 0.497 e. The predicted molar refractivity (Wildman–Crippen MR) is 133 cm³/mol. The third-order valence-electron chi connectivity index (χ3n) is 5.73. The topological polar surface area (TPSA) is 110 Å². The molecule has 0 saturated carbocycles. The summed E-state index contributed by atoms with van der Waals surface area (Å²) in [7, 11) is 1.58. The first-order chi connectivity index (χ1) is 17.5. The molecule has 1 aromatic heterocycles. The molecule has 4 aromatic rings. The molecule has 0 aliphatic heterocycles. The zero-order valence-corrected chi connectivity index (χ0v) is 19.6. The van der Waals surface area contributed by atoms with Crippen LogP contribution in [0.5, 0.6) is 5.75 Å². The van der Waals surface area contributed by atoms with E-state index in [1.54, 1.807) is 77.8 Å². The molecular formula is C28H25N3O5. The number of nitrogens with zero attached hydrogens (tertiary/aromatic N) is 1. The number of amides is 2. The Morgan fingerprint density at radius 3 is 2.19 bits per heavy atom. The highest BCUT2D eigenvalue weighted by Gasteiger charge is 2.21. The van der Waals surface area contributed by atoms with Crippen molar-refractivity contribution in [2.24, 2.45) is 0 Å². The molecule has 8 heteroatoms. The summed E-state index contributed by atoms with van der Waals surface area (Å²) < 4.78 is 7.02. The molecular weight excluding hydrogens is 458 g/mol. The van der Waals surface area contributed by atoms with Crippen LogP contribution in [-0.4, -0.2) is 34.5 Å². The van der Waals surface area contributed by atoms with Crippen molar-refractivity contribution >= 4 is 17.6 Å². The van der Waals surface area contributed by atoms with Gasteiger partial charge in [0, 0.05) is 24.2 Å². The molecule has 0 unspecified atom stereocenters. The lowest BCUT2D eigenvalue weighted by molar-refractivity contribution is 0.0706. The van der Waals surface area contributed by atoms with E-state index in [0.29, 0.717) is 34.8 Å². The van der Waals surface area contributed by atoms with Gasteiger partial charge in [0.1, 0.15) is 11.4 Å². The molecule has 3 N–H and O–H groups in total. The standard InChI is InChI=1S/C28H25N3O5/c1-36-23-9-5-6-20(16-23)18-31-24(26(32)21-7-3-2-4-8-21)14-15-25(31)28(34)29-17-19-10-12-22(13-11-19)27(33)30-35/h2-16,35H,17-18H2,1H3,(H,29,34)(H,30,33). The Bertz CT molecular complexity index is 1380. The fourth-order valence-electron chi connectivity index (χ4n) is 3.84. The summed E-state index contributed by atoms with van der Waals surface area (Å²) in [6.45, 7) is 0.512. The van der Waals surface area contributed by atoms with Gasteiger partial charge in [-0.25, -0.2) is 5.48 Å². The van der Waals surface area contributed by atoms with Gasteiger partial charge in [-0.05, 0) is 47.5 Å². The molecule has 3 aromatic carbocycles. The number of ether oxygens (including phenoxy) is 1. The van der Waals surface area contributed by atoms with Crippen molar-refractivity contribution in [3.05, 3.63) is 125 Å². The van der Waals surface area contributed by atoms with Crippen molar-refractivity contribution in [2.75, 3.05) is 7.11 Å². The Morgan fingerprint density at radius 2 is 1.50 bits per heavy atom. The summed E-state index contributed by atoms with van der Waals surface area (Å²) in [4.78, 5) is 38.0. The zero-order chi connectivity index (χ0) is 25.5. The van der Waals surface area contributed by atoms with Gasteiger partial charge in [0.05, 0.1) is 12.8 Å². The highest BCUT2D eigenvalue weighted by Crippen LogP contribution is 2.20. The van der Waals surface area contributed by atoms with Crippen molar-refractivity contribution in [1.82, 2.24) is 15.4 Å². The van der Waals surface area contributed by atoms with Gasteiger partial charge in [0.2, 0.25) is 5.78 Å². The molecule has 4 rings (SSSR count). The number of methoxy groups -OCH3 is 1. The van der Waals surface area contributed by atoms with Crippen LogP contribution >= 0.6 is 0 Å². The van der Waals surface area contributed by atoms with E-state index in [1.165, 1.54) is 0 Å². The molecule has 8 nitrogen and oxygen atoms in total. The first-order valence-electron chi connectivity index (χ1n) is 11.2. The number of ketones is 1. The van der Waals surface area contributed by atoms with Crippen LogP contribution in [0.2, 0.25) is 0 Å². The normalized spacial score (nSPS) is 10.5. The van der Waals surface area contributed by atoms with Crippen LogP contribution in [0, 0.1) is 0 Å².